The average Bonchev–Trinajstić information content (AvgIpc) is 3.59. The summed E-state index contributed by atoms with van der Waals surface area (Å²) >= 11 is 0. The van der Waals surface area contributed by atoms with Crippen molar-refractivity contribution in [3.63, 3.8) is 0 Å². The number of nitrogens with one attached hydrogen (secondary N) is 1. The highest BCUT2D eigenvalue weighted by Gasteiger charge is 2.29. The van der Waals surface area contributed by atoms with Crippen LogP contribution in [-0.4, -0.2) is 51.9 Å². The molecule has 1 N–H and O–H groups in total. The molecule has 3 aromatic rings. The van der Waals surface area contributed by atoms with E-state index in [2.05, 4.69) is 20.3 Å². The number of fused-ring (bicyclic) bond motifs is 1. The molecular weight excluding hydrogens is 428 g/mol. The molecule has 9 heteroatoms. The lowest BCUT2D eigenvalue weighted by Gasteiger charge is -2.26. The Hall–Kier alpha value is -2.91. The van der Waals surface area contributed by atoms with Crippen LogP contribution < -0.4 is 5.32 Å². The van der Waals surface area contributed by atoms with Gasteiger partial charge < -0.3 is 10.1 Å². The first-order valence-electron chi connectivity index (χ1n) is 11.3. The molecule has 0 atom stereocenters. The number of hydrogen-bond acceptors (Lipinski definition) is 5. The Morgan fingerprint density at radius 1 is 1.24 bits per heavy atom. The zero-order valence-corrected chi connectivity index (χ0v) is 18.6. The third kappa shape index (κ3) is 4.89. The second-order valence-electron chi connectivity index (χ2n) is 8.79. The fourth-order valence-electron chi connectivity index (χ4n) is 4.38. The van der Waals surface area contributed by atoms with Gasteiger partial charge in [-0.3, -0.25) is 9.69 Å². The van der Waals surface area contributed by atoms with Gasteiger partial charge in [-0.15, -0.1) is 0 Å². The van der Waals surface area contributed by atoms with Crippen molar-refractivity contribution in [1.29, 1.82) is 0 Å². The Kier molecular flexibility index (Phi) is 6.07. The molecule has 1 aliphatic carbocycles. The van der Waals surface area contributed by atoms with Crippen molar-refractivity contribution in [3.8, 4) is 0 Å². The first-order valence-corrected chi connectivity index (χ1v) is 11.3. The van der Waals surface area contributed by atoms with Crippen LogP contribution in [-0.2, 0) is 22.6 Å². The second-order valence-corrected chi connectivity index (χ2v) is 8.79. The van der Waals surface area contributed by atoms with Crippen molar-refractivity contribution >= 4 is 22.6 Å². The van der Waals surface area contributed by atoms with Crippen LogP contribution in [0.1, 0.15) is 47.7 Å². The van der Waals surface area contributed by atoms with Crippen LogP contribution in [0.2, 0.25) is 0 Å². The Labute approximate surface area is 190 Å². The summed E-state index contributed by atoms with van der Waals surface area (Å²) in [5.41, 5.74) is 3.21. The lowest BCUT2D eigenvalue weighted by Crippen LogP contribution is -2.35. The summed E-state index contributed by atoms with van der Waals surface area (Å²) in [7, 11) is 0. The first-order chi connectivity index (χ1) is 16.0. The number of aryl methyl sites for hydroxylation is 1. The number of carbonyl (C=O) groups is 1. The lowest BCUT2D eigenvalue weighted by atomic mass is 10.1. The third-order valence-corrected chi connectivity index (χ3v) is 6.17. The SMILES string of the molecule is Cc1nn(CC(=O)Nc2cccc(CN3CCOCC3)c2)c2nc(C3CC3)cc(C(F)F)c12. The van der Waals surface area contributed by atoms with Gasteiger partial charge in [0.1, 0.15) is 6.54 Å². The number of halogens is 2. The highest BCUT2D eigenvalue weighted by atomic mass is 19.3. The molecule has 0 radical (unpaired) electrons. The normalized spacial score (nSPS) is 17.1. The largest absolute Gasteiger partial charge is 0.379 e. The van der Waals surface area contributed by atoms with Gasteiger partial charge in [-0.1, -0.05) is 12.1 Å². The molecule has 2 aromatic heterocycles. The number of anilines is 1. The zero-order valence-electron chi connectivity index (χ0n) is 18.6. The number of aromatic nitrogens is 3. The number of alkyl halides is 2. The van der Waals surface area contributed by atoms with Crippen molar-refractivity contribution in [1.82, 2.24) is 19.7 Å². The van der Waals surface area contributed by atoms with E-state index in [0.717, 1.165) is 51.3 Å². The van der Waals surface area contributed by atoms with Gasteiger partial charge in [0.15, 0.2) is 5.65 Å². The molecule has 1 aliphatic heterocycles. The maximum Gasteiger partial charge on any atom is 0.264 e. The predicted octanol–water partition coefficient (Wildman–Crippen LogP) is 4.03. The minimum Gasteiger partial charge on any atom is -0.379 e. The van der Waals surface area contributed by atoms with E-state index in [0.29, 0.717) is 28.1 Å². The van der Waals surface area contributed by atoms with Crippen LogP contribution >= 0.6 is 0 Å². The van der Waals surface area contributed by atoms with Crippen molar-refractivity contribution in [3.05, 3.63) is 52.8 Å². The van der Waals surface area contributed by atoms with Gasteiger partial charge in [-0.25, -0.2) is 18.4 Å². The van der Waals surface area contributed by atoms with E-state index in [1.807, 2.05) is 24.3 Å². The highest BCUT2D eigenvalue weighted by Crippen LogP contribution is 2.41. The smallest absolute Gasteiger partial charge is 0.264 e. The van der Waals surface area contributed by atoms with Gasteiger partial charge in [-0.05, 0) is 43.5 Å². The molecule has 3 heterocycles. The quantitative estimate of drug-likeness (QED) is 0.583. The molecule has 1 saturated heterocycles. The molecule has 2 fully saturated rings. The van der Waals surface area contributed by atoms with Crippen molar-refractivity contribution in [2.75, 3.05) is 31.6 Å². The number of carbonyl (C=O) groups excluding carboxylic acids is 1. The van der Waals surface area contributed by atoms with Crippen molar-refractivity contribution in [2.45, 2.75) is 45.2 Å². The van der Waals surface area contributed by atoms with Gasteiger partial charge in [0.25, 0.3) is 6.43 Å². The van der Waals surface area contributed by atoms with Crippen LogP contribution in [0.15, 0.2) is 30.3 Å². The fourth-order valence-corrected chi connectivity index (χ4v) is 4.38. The van der Waals surface area contributed by atoms with Crippen LogP contribution in [0.4, 0.5) is 14.5 Å². The Bertz CT molecular complexity index is 1170. The standard InChI is InChI=1S/C24H27F2N5O2/c1-15-22-19(23(25)26)12-20(17-5-6-17)28-24(22)31(29-15)14-21(32)27-18-4-2-3-16(11-18)13-30-7-9-33-10-8-30/h2-4,11-12,17,23H,5-10,13-14H2,1H3,(H,27,32). The van der Waals surface area contributed by atoms with Crippen LogP contribution in [0, 0.1) is 6.92 Å². The van der Waals surface area contributed by atoms with E-state index in [9.17, 15) is 13.6 Å². The van der Waals surface area contributed by atoms with Gasteiger partial charge in [0, 0.05) is 42.5 Å². The van der Waals surface area contributed by atoms with Crippen molar-refractivity contribution in [2.24, 2.45) is 0 Å². The first kappa shape index (κ1) is 21.9. The molecule has 174 valence electrons. The summed E-state index contributed by atoms with van der Waals surface area (Å²) in [6.45, 7) is 5.62. The molecule has 0 unspecified atom stereocenters. The molecule has 5 rings (SSSR count). The van der Waals surface area contributed by atoms with Gasteiger partial charge >= 0.3 is 0 Å². The number of benzene rings is 1. The Morgan fingerprint density at radius 3 is 2.76 bits per heavy atom. The number of nitrogens with zero attached hydrogens (tertiary/aromatic N) is 4. The van der Waals surface area contributed by atoms with Crippen molar-refractivity contribution < 1.29 is 18.3 Å². The average molecular weight is 456 g/mol. The number of rotatable bonds is 7. The maximum atomic E-state index is 13.8. The zero-order chi connectivity index (χ0) is 22.9. The number of ether oxygens (including phenoxy) is 1. The van der Waals surface area contributed by atoms with Crippen LogP contribution in [0.3, 0.4) is 0 Å². The molecule has 0 spiro atoms. The predicted molar refractivity (Wildman–Crippen MR) is 120 cm³/mol. The number of amides is 1. The minimum atomic E-state index is -2.62. The monoisotopic (exact) mass is 455 g/mol. The summed E-state index contributed by atoms with van der Waals surface area (Å²) in [6, 6.07) is 9.25. The van der Waals surface area contributed by atoms with E-state index in [1.54, 1.807) is 6.92 Å². The van der Waals surface area contributed by atoms with Gasteiger partial charge in [0.05, 0.1) is 24.3 Å². The fraction of sp³-hybridized carbons (Fsp3) is 0.458. The second kappa shape index (κ2) is 9.15. The van der Waals surface area contributed by atoms with E-state index in [4.69, 9.17) is 4.74 Å². The highest BCUT2D eigenvalue weighted by molar-refractivity contribution is 5.92. The summed E-state index contributed by atoms with van der Waals surface area (Å²) in [5, 5.41) is 7.62. The molecule has 1 saturated carbocycles. The number of hydrogen-bond donors (Lipinski definition) is 1. The van der Waals surface area contributed by atoms with E-state index < -0.39 is 6.43 Å². The maximum absolute atomic E-state index is 13.8. The molecule has 1 aromatic carbocycles. The topological polar surface area (TPSA) is 72.3 Å². The lowest BCUT2D eigenvalue weighted by molar-refractivity contribution is -0.116. The summed E-state index contributed by atoms with van der Waals surface area (Å²) in [4.78, 5) is 19.7. The summed E-state index contributed by atoms with van der Waals surface area (Å²) < 4.78 is 34.3. The van der Waals surface area contributed by atoms with Gasteiger partial charge in [-0.2, -0.15) is 5.10 Å². The Morgan fingerprint density at radius 2 is 2.03 bits per heavy atom. The van der Waals surface area contributed by atoms with Crippen LogP contribution in [0.25, 0.3) is 11.0 Å². The van der Waals surface area contributed by atoms with Crippen LogP contribution in [0.5, 0.6) is 0 Å². The van der Waals surface area contributed by atoms with E-state index in [-0.39, 0.29) is 23.9 Å². The number of morpholine rings is 1. The molecule has 7 nitrogen and oxygen atoms in total. The van der Waals surface area contributed by atoms with Gasteiger partial charge in [0.2, 0.25) is 5.91 Å². The summed E-state index contributed by atoms with van der Waals surface area (Å²) in [6.07, 6.45) is -0.710. The third-order valence-electron chi connectivity index (χ3n) is 6.17. The van der Waals surface area contributed by atoms with E-state index in [1.165, 1.54) is 10.7 Å². The molecule has 1 amide bonds. The van der Waals surface area contributed by atoms with E-state index >= 15 is 0 Å². The summed E-state index contributed by atoms with van der Waals surface area (Å²) in [5.74, 6) is -0.0567. The molecule has 33 heavy (non-hydrogen) atoms. The number of pyridine rings is 1. The molecule has 2 aliphatic rings. The molecular formula is C24H27F2N5O2. The Balaban J connectivity index is 1.34. The molecule has 0 bridgehead atoms. The minimum absolute atomic E-state index is 0.0538.